The number of rotatable bonds is 9. The lowest BCUT2D eigenvalue weighted by Gasteiger charge is -2.37. The van der Waals surface area contributed by atoms with Crippen molar-refractivity contribution >= 4 is 11.6 Å². The third-order valence-electron chi connectivity index (χ3n) is 7.00. The number of fused-ring (bicyclic) bond motifs is 1. The lowest BCUT2D eigenvalue weighted by Crippen LogP contribution is -2.52. The van der Waals surface area contributed by atoms with E-state index in [1.165, 1.54) is 44.4 Å². The second-order valence-electron chi connectivity index (χ2n) is 10.4. The standard InChI is InChI=1S/C29H32F4N4O5/c1-16(38)14-42-21-9-6-18(12-22(21)41-3)26(39)36-15-28(40,29(31,32)33)23-13-20-25(35-11-10-27(20,2)34)24(37-23)17-4-7-19(30)8-5-17/h4-9,12-13,16,35,38,40H,10-11,14-15,34H2,1-3H3,(H,36,39)/t16-,27+,28?/m1/s1. The van der Waals surface area contributed by atoms with Crippen LogP contribution in [0.15, 0.2) is 48.5 Å². The van der Waals surface area contributed by atoms with E-state index in [1.54, 1.807) is 6.92 Å². The normalized spacial score (nSPS) is 18.7. The number of alkyl halides is 3. The highest BCUT2D eigenvalue weighted by atomic mass is 19.4. The third kappa shape index (κ3) is 6.27. The second-order valence-corrected chi connectivity index (χ2v) is 10.4. The van der Waals surface area contributed by atoms with Gasteiger partial charge in [-0.1, -0.05) is 0 Å². The number of carbonyl (C=O) groups excluding carboxylic acids is 1. The van der Waals surface area contributed by atoms with Crippen molar-refractivity contribution < 1.29 is 42.0 Å². The Hall–Kier alpha value is -3.94. The van der Waals surface area contributed by atoms with Gasteiger partial charge in [0.25, 0.3) is 5.91 Å². The molecule has 226 valence electrons. The maximum absolute atomic E-state index is 14.6. The quantitative estimate of drug-likeness (QED) is 0.237. The van der Waals surface area contributed by atoms with Crippen molar-refractivity contribution in [2.45, 2.75) is 43.7 Å². The number of benzene rings is 2. The Labute approximate surface area is 239 Å². The highest BCUT2D eigenvalue weighted by Crippen LogP contribution is 2.44. The molecule has 9 nitrogen and oxygen atoms in total. The first-order valence-electron chi connectivity index (χ1n) is 13.1. The lowest BCUT2D eigenvalue weighted by atomic mass is 9.82. The van der Waals surface area contributed by atoms with Crippen molar-refractivity contribution in [2.24, 2.45) is 5.73 Å². The van der Waals surface area contributed by atoms with Gasteiger partial charge < -0.3 is 36.1 Å². The molecule has 2 aromatic carbocycles. The van der Waals surface area contributed by atoms with E-state index in [0.29, 0.717) is 24.2 Å². The average Bonchev–Trinajstić information content (AvgIpc) is 2.93. The molecule has 1 aliphatic heterocycles. The van der Waals surface area contributed by atoms with E-state index < -0.39 is 47.4 Å². The summed E-state index contributed by atoms with van der Waals surface area (Å²) < 4.78 is 68.0. The van der Waals surface area contributed by atoms with Gasteiger partial charge in [-0.05, 0) is 74.4 Å². The molecule has 0 radical (unpaired) electrons. The van der Waals surface area contributed by atoms with Gasteiger partial charge in [0.05, 0.1) is 36.8 Å². The fourth-order valence-electron chi connectivity index (χ4n) is 4.57. The molecule has 4 rings (SSSR count). The van der Waals surface area contributed by atoms with Crippen LogP contribution in [0, 0.1) is 5.82 Å². The smallest absolute Gasteiger partial charge is 0.424 e. The number of ether oxygens (including phenoxy) is 2. The fraction of sp³-hybridized carbons (Fsp3) is 0.379. The van der Waals surface area contributed by atoms with Gasteiger partial charge in [0.2, 0.25) is 5.60 Å². The van der Waals surface area contributed by atoms with Crippen LogP contribution in [-0.2, 0) is 11.1 Å². The molecule has 13 heteroatoms. The molecule has 0 aliphatic carbocycles. The van der Waals surface area contributed by atoms with Crippen LogP contribution in [0.4, 0.5) is 23.2 Å². The van der Waals surface area contributed by atoms with Gasteiger partial charge in [0.1, 0.15) is 12.4 Å². The van der Waals surface area contributed by atoms with Gasteiger partial charge in [0, 0.05) is 23.2 Å². The molecule has 2 heterocycles. The average molecular weight is 593 g/mol. The predicted molar refractivity (Wildman–Crippen MR) is 147 cm³/mol. The molecule has 0 bridgehead atoms. The summed E-state index contributed by atoms with van der Waals surface area (Å²) in [4.78, 5) is 17.1. The largest absolute Gasteiger partial charge is 0.493 e. The summed E-state index contributed by atoms with van der Waals surface area (Å²) in [6.07, 6.45) is -5.66. The number of hydrogen-bond acceptors (Lipinski definition) is 8. The molecule has 1 unspecified atom stereocenters. The molecule has 1 aliphatic rings. The number of nitrogens with two attached hydrogens (primary N) is 1. The van der Waals surface area contributed by atoms with Crippen molar-refractivity contribution in [2.75, 3.05) is 32.1 Å². The maximum Gasteiger partial charge on any atom is 0.424 e. The molecule has 0 fully saturated rings. The van der Waals surface area contributed by atoms with E-state index in [9.17, 15) is 32.6 Å². The number of halogens is 4. The van der Waals surface area contributed by atoms with Gasteiger partial charge in [-0.3, -0.25) is 4.79 Å². The van der Waals surface area contributed by atoms with Crippen molar-refractivity contribution in [3.8, 4) is 22.8 Å². The van der Waals surface area contributed by atoms with Crippen LogP contribution in [0.2, 0.25) is 0 Å². The molecule has 3 atom stereocenters. The first kappa shape index (κ1) is 31.0. The summed E-state index contributed by atoms with van der Waals surface area (Å²) in [5.41, 5.74) is 1.93. The summed E-state index contributed by atoms with van der Waals surface area (Å²) in [7, 11) is 1.31. The highest BCUT2D eigenvalue weighted by Gasteiger charge is 2.57. The van der Waals surface area contributed by atoms with Crippen LogP contribution in [0.3, 0.4) is 0 Å². The van der Waals surface area contributed by atoms with E-state index in [4.69, 9.17) is 15.2 Å². The number of amides is 1. The van der Waals surface area contributed by atoms with Crippen LogP contribution >= 0.6 is 0 Å². The topological polar surface area (TPSA) is 139 Å². The van der Waals surface area contributed by atoms with E-state index in [1.807, 2.05) is 0 Å². The molecule has 1 aromatic heterocycles. The Balaban J connectivity index is 1.72. The number of pyridine rings is 1. The summed E-state index contributed by atoms with van der Waals surface area (Å²) in [6, 6.07) is 10.0. The number of anilines is 1. The molecule has 3 aromatic rings. The predicted octanol–water partition coefficient (Wildman–Crippen LogP) is 3.83. The minimum absolute atomic E-state index is 0.0467. The zero-order valence-electron chi connectivity index (χ0n) is 23.2. The van der Waals surface area contributed by atoms with E-state index in [-0.39, 0.29) is 34.9 Å². The van der Waals surface area contributed by atoms with E-state index >= 15 is 0 Å². The van der Waals surface area contributed by atoms with E-state index in [2.05, 4.69) is 15.6 Å². The Kier molecular flexibility index (Phi) is 8.67. The van der Waals surface area contributed by atoms with Gasteiger partial charge in [-0.2, -0.15) is 13.2 Å². The number of nitrogens with zero attached hydrogens (tertiary/aromatic N) is 1. The number of nitrogens with one attached hydrogen (secondary N) is 2. The Bertz CT molecular complexity index is 1450. The molecule has 0 saturated heterocycles. The Morgan fingerprint density at radius 3 is 2.50 bits per heavy atom. The summed E-state index contributed by atoms with van der Waals surface area (Å²) in [6.45, 7) is 2.26. The van der Waals surface area contributed by atoms with Crippen LogP contribution < -0.4 is 25.8 Å². The fourth-order valence-corrected chi connectivity index (χ4v) is 4.57. The van der Waals surface area contributed by atoms with Gasteiger partial charge in [-0.25, -0.2) is 9.37 Å². The molecule has 0 saturated carbocycles. The number of aliphatic hydroxyl groups is 2. The number of carbonyl (C=O) groups is 1. The van der Waals surface area contributed by atoms with E-state index in [0.717, 1.165) is 18.2 Å². The number of aliphatic hydroxyl groups excluding tert-OH is 1. The van der Waals surface area contributed by atoms with Crippen LogP contribution in [-0.4, -0.2) is 60.2 Å². The number of aromatic nitrogens is 1. The molecular formula is C29H32F4N4O5. The molecule has 42 heavy (non-hydrogen) atoms. The molecule has 6 N–H and O–H groups in total. The Morgan fingerprint density at radius 1 is 1.19 bits per heavy atom. The zero-order chi connectivity index (χ0) is 30.9. The summed E-state index contributed by atoms with van der Waals surface area (Å²) in [5, 5.41) is 25.9. The van der Waals surface area contributed by atoms with Gasteiger partial charge >= 0.3 is 6.18 Å². The molecule has 0 spiro atoms. The SMILES string of the molecule is COc1cc(C(=O)NCC(O)(c2cc3c(c(-c4ccc(F)cc4)n2)NCC[C@]3(C)N)C(F)(F)F)ccc1OC[C@@H](C)O. The number of methoxy groups -OCH3 is 1. The van der Waals surface area contributed by atoms with Crippen LogP contribution in [0.5, 0.6) is 11.5 Å². The van der Waals surface area contributed by atoms with Crippen LogP contribution in [0.1, 0.15) is 41.9 Å². The maximum atomic E-state index is 14.6. The van der Waals surface area contributed by atoms with Crippen molar-refractivity contribution in [3.05, 3.63) is 71.2 Å². The van der Waals surface area contributed by atoms with Crippen molar-refractivity contribution in [1.82, 2.24) is 10.3 Å². The number of hydrogen-bond donors (Lipinski definition) is 5. The van der Waals surface area contributed by atoms with Gasteiger partial charge in [-0.15, -0.1) is 0 Å². The molecular weight excluding hydrogens is 560 g/mol. The lowest BCUT2D eigenvalue weighted by molar-refractivity contribution is -0.265. The Morgan fingerprint density at radius 2 is 1.88 bits per heavy atom. The minimum atomic E-state index is -5.27. The highest BCUT2D eigenvalue weighted by molar-refractivity contribution is 5.95. The summed E-state index contributed by atoms with van der Waals surface area (Å²) >= 11 is 0. The summed E-state index contributed by atoms with van der Waals surface area (Å²) in [5.74, 6) is -1.15. The van der Waals surface area contributed by atoms with Gasteiger partial charge in [0.15, 0.2) is 11.5 Å². The van der Waals surface area contributed by atoms with Crippen molar-refractivity contribution in [1.29, 1.82) is 0 Å². The monoisotopic (exact) mass is 592 g/mol. The first-order valence-corrected chi connectivity index (χ1v) is 13.1. The third-order valence-corrected chi connectivity index (χ3v) is 7.00. The first-order chi connectivity index (χ1) is 19.7. The second kappa shape index (κ2) is 11.7. The van der Waals surface area contributed by atoms with Crippen LogP contribution in [0.25, 0.3) is 11.3 Å². The van der Waals surface area contributed by atoms with Crippen molar-refractivity contribution in [3.63, 3.8) is 0 Å². The minimum Gasteiger partial charge on any atom is -0.493 e. The zero-order valence-corrected chi connectivity index (χ0v) is 23.2. The molecule has 1 amide bonds.